The summed E-state index contributed by atoms with van der Waals surface area (Å²) in [6, 6.07) is 7.52. The Morgan fingerprint density at radius 1 is 1.41 bits per heavy atom. The summed E-state index contributed by atoms with van der Waals surface area (Å²) in [7, 11) is 1.81. The molecule has 0 aliphatic carbocycles. The van der Waals surface area contributed by atoms with E-state index in [0.29, 0.717) is 24.5 Å². The van der Waals surface area contributed by atoms with E-state index in [2.05, 4.69) is 0 Å². The van der Waals surface area contributed by atoms with E-state index in [0.717, 1.165) is 5.56 Å². The van der Waals surface area contributed by atoms with Crippen molar-refractivity contribution in [2.45, 2.75) is 19.9 Å². The molecule has 3 nitrogen and oxygen atoms in total. The highest BCUT2D eigenvalue weighted by Gasteiger charge is 2.12. The van der Waals surface area contributed by atoms with Crippen LogP contribution in [-0.2, 0) is 11.3 Å². The SMILES string of the molecule is CC(CN)CC(=O)N(C)Cc1ccc(Cl)cc1. The third kappa shape index (κ3) is 4.75. The number of carbonyl (C=O) groups excluding carboxylic acids is 1. The molecule has 0 saturated heterocycles. The third-order valence-corrected chi connectivity index (χ3v) is 2.94. The maximum absolute atomic E-state index is 11.8. The van der Waals surface area contributed by atoms with Gasteiger partial charge in [0.25, 0.3) is 0 Å². The van der Waals surface area contributed by atoms with Crippen LogP contribution in [0, 0.1) is 5.92 Å². The summed E-state index contributed by atoms with van der Waals surface area (Å²) in [6.45, 7) is 3.13. The lowest BCUT2D eigenvalue weighted by molar-refractivity contribution is -0.131. The molecule has 1 atom stereocenters. The van der Waals surface area contributed by atoms with Crippen LogP contribution < -0.4 is 5.73 Å². The van der Waals surface area contributed by atoms with E-state index in [1.54, 1.807) is 11.9 Å². The van der Waals surface area contributed by atoms with Gasteiger partial charge in [-0.2, -0.15) is 0 Å². The number of halogens is 1. The van der Waals surface area contributed by atoms with Crippen molar-refractivity contribution in [3.63, 3.8) is 0 Å². The minimum atomic E-state index is 0.123. The van der Waals surface area contributed by atoms with E-state index in [9.17, 15) is 4.79 Å². The van der Waals surface area contributed by atoms with E-state index >= 15 is 0 Å². The first-order valence-corrected chi connectivity index (χ1v) is 6.09. The molecule has 17 heavy (non-hydrogen) atoms. The molecule has 1 aromatic rings. The van der Waals surface area contributed by atoms with Gasteiger partial charge in [-0.1, -0.05) is 30.7 Å². The molecule has 0 fully saturated rings. The number of benzene rings is 1. The van der Waals surface area contributed by atoms with Crippen molar-refractivity contribution < 1.29 is 4.79 Å². The van der Waals surface area contributed by atoms with Crippen LogP contribution in [0.25, 0.3) is 0 Å². The summed E-state index contributed by atoms with van der Waals surface area (Å²) < 4.78 is 0. The summed E-state index contributed by atoms with van der Waals surface area (Å²) in [6.07, 6.45) is 0.501. The number of hydrogen-bond donors (Lipinski definition) is 1. The summed E-state index contributed by atoms with van der Waals surface area (Å²) in [4.78, 5) is 13.5. The molecule has 4 heteroatoms. The third-order valence-electron chi connectivity index (χ3n) is 2.68. The van der Waals surface area contributed by atoms with Crippen molar-refractivity contribution >= 4 is 17.5 Å². The molecule has 0 bridgehead atoms. The molecular weight excluding hydrogens is 236 g/mol. The first-order valence-electron chi connectivity index (χ1n) is 5.71. The molecule has 0 aliphatic heterocycles. The lowest BCUT2D eigenvalue weighted by Crippen LogP contribution is -2.29. The van der Waals surface area contributed by atoms with Crippen LogP contribution >= 0.6 is 11.6 Å². The zero-order chi connectivity index (χ0) is 12.8. The first-order chi connectivity index (χ1) is 8.02. The highest BCUT2D eigenvalue weighted by molar-refractivity contribution is 6.30. The van der Waals surface area contributed by atoms with Crippen molar-refractivity contribution in [3.05, 3.63) is 34.9 Å². The fourth-order valence-corrected chi connectivity index (χ4v) is 1.62. The Bertz CT molecular complexity index is 364. The Hall–Kier alpha value is -1.06. The van der Waals surface area contributed by atoms with Gasteiger partial charge in [0.2, 0.25) is 5.91 Å². The Morgan fingerprint density at radius 3 is 2.53 bits per heavy atom. The van der Waals surface area contributed by atoms with E-state index < -0.39 is 0 Å². The summed E-state index contributed by atoms with van der Waals surface area (Å²) in [5.74, 6) is 0.355. The molecule has 1 amide bonds. The molecule has 1 unspecified atom stereocenters. The fraction of sp³-hybridized carbons (Fsp3) is 0.462. The summed E-state index contributed by atoms with van der Waals surface area (Å²) in [5.41, 5.74) is 6.58. The van der Waals surface area contributed by atoms with Crippen molar-refractivity contribution in [1.82, 2.24) is 4.90 Å². The van der Waals surface area contributed by atoms with Crippen LogP contribution in [0.5, 0.6) is 0 Å². The van der Waals surface area contributed by atoms with Crippen LogP contribution in [0.2, 0.25) is 5.02 Å². The van der Waals surface area contributed by atoms with E-state index in [1.165, 1.54) is 0 Å². The van der Waals surface area contributed by atoms with Gasteiger partial charge in [-0.25, -0.2) is 0 Å². The van der Waals surface area contributed by atoms with Gasteiger partial charge in [-0.3, -0.25) is 4.79 Å². The van der Waals surface area contributed by atoms with Gasteiger partial charge in [0.15, 0.2) is 0 Å². The lowest BCUT2D eigenvalue weighted by atomic mass is 10.1. The largest absolute Gasteiger partial charge is 0.341 e. The Labute approximate surface area is 108 Å². The fourth-order valence-electron chi connectivity index (χ4n) is 1.49. The second-order valence-corrected chi connectivity index (χ2v) is 4.86. The molecule has 2 N–H and O–H groups in total. The number of rotatable bonds is 5. The van der Waals surface area contributed by atoms with Crippen LogP contribution in [-0.4, -0.2) is 24.4 Å². The van der Waals surface area contributed by atoms with Gasteiger partial charge in [0, 0.05) is 25.0 Å². The molecule has 0 spiro atoms. The smallest absolute Gasteiger partial charge is 0.222 e. The second kappa shape index (κ2) is 6.62. The second-order valence-electron chi connectivity index (χ2n) is 4.42. The van der Waals surface area contributed by atoms with Crippen LogP contribution in [0.15, 0.2) is 24.3 Å². The highest BCUT2D eigenvalue weighted by atomic mass is 35.5. The number of hydrogen-bond acceptors (Lipinski definition) is 2. The van der Waals surface area contributed by atoms with Gasteiger partial charge in [0.1, 0.15) is 0 Å². The van der Waals surface area contributed by atoms with Gasteiger partial charge in [0.05, 0.1) is 0 Å². The van der Waals surface area contributed by atoms with Crippen molar-refractivity contribution in [3.8, 4) is 0 Å². The van der Waals surface area contributed by atoms with Gasteiger partial charge in [-0.05, 0) is 30.2 Å². The monoisotopic (exact) mass is 254 g/mol. The Kier molecular flexibility index (Phi) is 5.45. The quantitative estimate of drug-likeness (QED) is 0.876. The normalized spacial score (nSPS) is 12.2. The maximum atomic E-state index is 11.8. The van der Waals surface area contributed by atoms with Crippen molar-refractivity contribution in [2.24, 2.45) is 11.7 Å². The van der Waals surface area contributed by atoms with E-state index in [1.807, 2.05) is 31.2 Å². The maximum Gasteiger partial charge on any atom is 0.222 e. The zero-order valence-electron chi connectivity index (χ0n) is 10.3. The number of amides is 1. The number of carbonyl (C=O) groups is 1. The highest BCUT2D eigenvalue weighted by Crippen LogP contribution is 2.12. The average Bonchev–Trinajstić information content (AvgIpc) is 2.31. The number of nitrogens with two attached hydrogens (primary N) is 1. The standard InChI is InChI=1S/C13H19ClN2O/c1-10(8-15)7-13(17)16(2)9-11-3-5-12(14)6-4-11/h3-6,10H,7-9,15H2,1-2H3. The molecule has 0 saturated carbocycles. The molecule has 0 aliphatic rings. The van der Waals surface area contributed by atoms with E-state index in [-0.39, 0.29) is 11.8 Å². The van der Waals surface area contributed by atoms with Crippen LogP contribution in [0.3, 0.4) is 0 Å². The molecule has 0 heterocycles. The summed E-state index contributed by atoms with van der Waals surface area (Å²) >= 11 is 5.80. The van der Waals surface area contributed by atoms with E-state index in [4.69, 9.17) is 17.3 Å². The molecule has 0 radical (unpaired) electrons. The first kappa shape index (κ1) is 14.0. The Balaban J connectivity index is 2.51. The van der Waals surface area contributed by atoms with Gasteiger partial charge < -0.3 is 10.6 Å². The summed E-state index contributed by atoms with van der Waals surface area (Å²) in [5, 5.41) is 0.708. The zero-order valence-corrected chi connectivity index (χ0v) is 11.1. The number of nitrogens with zero attached hydrogens (tertiary/aromatic N) is 1. The predicted octanol–water partition coefficient (Wildman–Crippen LogP) is 2.28. The minimum Gasteiger partial charge on any atom is -0.341 e. The molecule has 0 aromatic heterocycles. The van der Waals surface area contributed by atoms with Crippen LogP contribution in [0.4, 0.5) is 0 Å². The van der Waals surface area contributed by atoms with Gasteiger partial charge in [-0.15, -0.1) is 0 Å². The minimum absolute atomic E-state index is 0.123. The van der Waals surface area contributed by atoms with Crippen LogP contribution in [0.1, 0.15) is 18.9 Å². The van der Waals surface area contributed by atoms with Crippen molar-refractivity contribution in [2.75, 3.05) is 13.6 Å². The topological polar surface area (TPSA) is 46.3 Å². The molecular formula is C13H19ClN2O. The average molecular weight is 255 g/mol. The lowest BCUT2D eigenvalue weighted by Gasteiger charge is -2.19. The predicted molar refractivity (Wildman–Crippen MR) is 70.8 cm³/mol. The molecule has 1 rings (SSSR count). The molecule has 1 aromatic carbocycles. The molecule has 94 valence electrons. The van der Waals surface area contributed by atoms with Crippen molar-refractivity contribution in [1.29, 1.82) is 0 Å². The van der Waals surface area contributed by atoms with Gasteiger partial charge >= 0.3 is 0 Å². The Morgan fingerprint density at radius 2 is 2.00 bits per heavy atom.